The number of pyridine rings is 1. The second-order valence-electron chi connectivity index (χ2n) is 6.64. The van der Waals surface area contributed by atoms with Gasteiger partial charge in [0.2, 0.25) is 5.91 Å². The van der Waals surface area contributed by atoms with E-state index >= 15 is 0 Å². The lowest BCUT2D eigenvalue weighted by Crippen LogP contribution is -2.12. The van der Waals surface area contributed by atoms with Crippen LogP contribution in [-0.4, -0.2) is 21.8 Å². The van der Waals surface area contributed by atoms with Crippen molar-refractivity contribution in [2.45, 2.75) is 6.92 Å². The summed E-state index contributed by atoms with van der Waals surface area (Å²) < 4.78 is 0. The maximum atomic E-state index is 12.6. The molecule has 0 aliphatic carbocycles. The Bertz CT molecular complexity index is 1250. The van der Waals surface area contributed by atoms with E-state index in [2.05, 4.69) is 20.6 Å². The third kappa shape index (κ3) is 4.79. The first kappa shape index (κ1) is 20.7. The smallest absolute Gasteiger partial charge is 0.257 e. The number of rotatable bonds is 5. The minimum atomic E-state index is -0.281. The van der Waals surface area contributed by atoms with Crippen LogP contribution < -0.4 is 10.6 Å². The van der Waals surface area contributed by atoms with Crippen LogP contribution in [0.4, 0.5) is 10.8 Å². The summed E-state index contributed by atoms with van der Waals surface area (Å²) in [6, 6.07) is 16.1. The first-order valence-electron chi connectivity index (χ1n) is 9.35. The van der Waals surface area contributed by atoms with E-state index in [0.717, 1.165) is 21.6 Å². The van der Waals surface area contributed by atoms with E-state index in [1.54, 1.807) is 42.9 Å². The Hall–Kier alpha value is -3.55. The summed E-state index contributed by atoms with van der Waals surface area (Å²) in [6.07, 6.45) is 5.20. The highest BCUT2D eigenvalue weighted by Gasteiger charge is 2.14. The van der Waals surface area contributed by atoms with Gasteiger partial charge in [0.25, 0.3) is 5.91 Å². The van der Waals surface area contributed by atoms with Crippen LogP contribution >= 0.6 is 22.9 Å². The maximum Gasteiger partial charge on any atom is 0.257 e. The summed E-state index contributed by atoms with van der Waals surface area (Å²) in [5.74, 6) is -0.448. The van der Waals surface area contributed by atoms with Gasteiger partial charge >= 0.3 is 0 Å². The summed E-state index contributed by atoms with van der Waals surface area (Å²) >= 11 is 7.74. The molecule has 2 N–H and O–H groups in total. The zero-order valence-electron chi connectivity index (χ0n) is 16.4. The van der Waals surface area contributed by atoms with E-state index in [4.69, 9.17) is 11.6 Å². The molecule has 0 radical (unpaired) electrons. The molecule has 0 saturated heterocycles. The summed E-state index contributed by atoms with van der Waals surface area (Å²) in [7, 11) is 0. The van der Waals surface area contributed by atoms with Gasteiger partial charge in [0.15, 0.2) is 5.13 Å². The van der Waals surface area contributed by atoms with E-state index < -0.39 is 0 Å². The highest BCUT2D eigenvalue weighted by molar-refractivity contribution is 7.19. The third-order valence-electron chi connectivity index (χ3n) is 4.44. The molecule has 2 aromatic carbocycles. The average Bonchev–Trinajstić information content (AvgIpc) is 3.22. The fraction of sp³-hybridized carbons (Fsp3) is 0.0435. The highest BCUT2D eigenvalue weighted by atomic mass is 35.5. The third-order valence-corrected chi connectivity index (χ3v) is 5.72. The van der Waals surface area contributed by atoms with E-state index in [1.165, 1.54) is 18.3 Å². The van der Waals surface area contributed by atoms with Crippen molar-refractivity contribution in [2.75, 3.05) is 10.6 Å². The summed E-state index contributed by atoms with van der Waals surface area (Å²) in [5, 5.41) is 6.60. The van der Waals surface area contributed by atoms with E-state index in [-0.39, 0.29) is 11.8 Å². The lowest BCUT2D eigenvalue weighted by Gasteiger charge is -2.08. The van der Waals surface area contributed by atoms with Crippen molar-refractivity contribution in [3.05, 3.63) is 83.8 Å². The Kier molecular flexibility index (Phi) is 6.06. The van der Waals surface area contributed by atoms with Gasteiger partial charge in [-0.15, -0.1) is 0 Å². The Morgan fingerprint density at radius 1 is 0.903 bits per heavy atom. The molecule has 2 aromatic heterocycles. The fourth-order valence-corrected chi connectivity index (χ4v) is 4.13. The fourth-order valence-electron chi connectivity index (χ4n) is 3.04. The van der Waals surface area contributed by atoms with Crippen LogP contribution in [0.15, 0.2) is 73.2 Å². The molecule has 6 nitrogen and oxygen atoms in total. The molecule has 31 heavy (non-hydrogen) atoms. The van der Waals surface area contributed by atoms with Gasteiger partial charge in [-0.3, -0.25) is 19.9 Å². The predicted octanol–water partition coefficient (Wildman–Crippen LogP) is 5.74. The molecule has 0 aliphatic rings. The molecule has 2 amide bonds. The predicted molar refractivity (Wildman–Crippen MR) is 124 cm³/mol. The first-order chi connectivity index (χ1) is 15.0. The number of carbonyl (C=O) groups excluding carboxylic acids is 2. The molecule has 2 heterocycles. The SMILES string of the molecule is CC(=O)Nc1ccc(C(=O)Nc2ncc(-c3ccncc3-c3ccccc3Cl)s2)cc1. The first-order valence-corrected chi connectivity index (χ1v) is 10.5. The van der Waals surface area contributed by atoms with Gasteiger partial charge in [-0.25, -0.2) is 4.98 Å². The molecule has 4 aromatic rings. The normalized spacial score (nSPS) is 10.5. The van der Waals surface area contributed by atoms with Crippen LogP contribution in [0.5, 0.6) is 0 Å². The number of anilines is 2. The van der Waals surface area contributed by atoms with Gasteiger partial charge in [0, 0.05) is 58.5 Å². The van der Waals surface area contributed by atoms with Gasteiger partial charge in [-0.1, -0.05) is 41.1 Å². The van der Waals surface area contributed by atoms with E-state index in [0.29, 0.717) is 21.4 Å². The van der Waals surface area contributed by atoms with Crippen molar-refractivity contribution in [3.8, 4) is 21.6 Å². The number of benzene rings is 2. The molecule has 0 fully saturated rings. The van der Waals surface area contributed by atoms with Crippen molar-refractivity contribution >= 4 is 45.6 Å². The lowest BCUT2D eigenvalue weighted by molar-refractivity contribution is -0.114. The van der Waals surface area contributed by atoms with Crippen molar-refractivity contribution < 1.29 is 9.59 Å². The number of halogens is 1. The number of carbonyl (C=O) groups is 2. The van der Waals surface area contributed by atoms with Crippen molar-refractivity contribution in [1.82, 2.24) is 9.97 Å². The highest BCUT2D eigenvalue weighted by Crippen LogP contribution is 2.38. The van der Waals surface area contributed by atoms with Crippen LogP contribution in [0.3, 0.4) is 0 Å². The molecule has 8 heteroatoms. The van der Waals surface area contributed by atoms with Gasteiger partial charge in [0.05, 0.1) is 4.88 Å². The van der Waals surface area contributed by atoms with Crippen LogP contribution in [0.1, 0.15) is 17.3 Å². The minimum absolute atomic E-state index is 0.167. The Morgan fingerprint density at radius 2 is 1.68 bits per heavy atom. The largest absolute Gasteiger partial charge is 0.326 e. The molecule has 0 bridgehead atoms. The van der Waals surface area contributed by atoms with Crippen molar-refractivity contribution in [3.63, 3.8) is 0 Å². The van der Waals surface area contributed by atoms with E-state index in [1.807, 2.05) is 30.3 Å². The van der Waals surface area contributed by atoms with Crippen molar-refractivity contribution in [2.24, 2.45) is 0 Å². The minimum Gasteiger partial charge on any atom is -0.326 e. The number of aromatic nitrogens is 2. The van der Waals surface area contributed by atoms with Gasteiger partial charge in [0.1, 0.15) is 0 Å². The van der Waals surface area contributed by atoms with Gasteiger partial charge in [-0.05, 0) is 36.4 Å². The van der Waals surface area contributed by atoms with Gasteiger partial charge < -0.3 is 5.32 Å². The Morgan fingerprint density at radius 3 is 2.42 bits per heavy atom. The summed E-state index contributed by atoms with van der Waals surface area (Å²) in [5.41, 5.74) is 3.80. The van der Waals surface area contributed by atoms with Crippen molar-refractivity contribution in [1.29, 1.82) is 0 Å². The standard InChI is InChI=1S/C23H17ClN4O2S/c1-14(29)27-16-8-6-15(7-9-16)22(30)28-23-26-13-21(31-23)18-10-11-25-12-19(18)17-4-2-3-5-20(17)24/h2-13H,1H3,(H,27,29)(H,26,28,30). The zero-order valence-corrected chi connectivity index (χ0v) is 18.0. The number of hydrogen-bond donors (Lipinski definition) is 2. The lowest BCUT2D eigenvalue weighted by atomic mass is 10.0. The Labute approximate surface area is 188 Å². The van der Waals surface area contributed by atoms with Crippen LogP contribution in [-0.2, 0) is 4.79 Å². The molecule has 4 rings (SSSR count). The van der Waals surface area contributed by atoms with Crippen LogP contribution in [0.2, 0.25) is 5.02 Å². The molecule has 0 atom stereocenters. The molecule has 0 unspecified atom stereocenters. The molecule has 154 valence electrons. The van der Waals surface area contributed by atoms with Crippen LogP contribution in [0.25, 0.3) is 21.6 Å². The summed E-state index contributed by atoms with van der Waals surface area (Å²) in [6.45, 7) is 1.43. The maximum absolute atomic E-state index is 12.6. The number of hydrogen-bond acceptors (Lipinski definition) is 5. The number of nitrogens with zero attached hydrogens (tertiary/aromatic N) is 2. The molecule has 0 spiro atoms. The zero-order chi connectivity index (χ0) is 21.8. The molecule has 0 aliphatic heterocycles. The molecular weight excluding hydrogens is 432 g/mol. The topological polar surface area (TPSA) is 84.0 Å². The Balaban J connectivity index is 1.55. The molecule has 0 saturated carbocycles. The molecular formula is C23H17ClN4O2S. The van der Waals surface area contributed by atoms with Gasteiger partial charge in [-0.2, -0.15) is 0 Å². The number of amides is 2. The summed E-state index contributed by atoms with van der Waals surface area (Å²) in [4.78, 5) is 33.2. The van der Waals surface area contributed by atoms with E-state index in [9.17, 15) is 9.59 Å². The average molecular weight is 449 g/mol. The van der Waals surface area contributed by atoms with Crippen LogP contribution in [0, 0.1) is 0 Å². The second kappa shape index (κ2) is 9.07. The number of nitrogens with one attached hydrogen (secondary N) is 2. The quantitative estimate of drug-likeness (QED) is 0.408. The number of thiazole rings is 1. The second-order valence-corrected chi connectivity index (χ2v) is 8.08. The monoisotopic (exact) mass is 448 g/mol.